The topological polar surface area (TPSA) is 118 Å². The van der Waals surface area contributed by atoms with E-state index in [1.807, 2.05) is 0 Å². The Kier molecular flexibility index (Phi) is 5.57. The van der Waals surface area contributed by atoms with Crippen molar-refractivity contribution in [2.24, 2.45) is 0 Å². The van der Waals surface area contributed by atoms with Crippen LogP contribution in [0.1, 0.15) is 13.8 Å². The molecule has 0 aliphatic carbocycles. The first kappa shape index (κ1) is 17.7. The molecule has 0 bridgehead atoms. The van der Waals surface area contributed by atoms with Crippen LogP contribution in [0.5, 0.6) is 0 Å². The summed E-state index contributed by atoms with van der Waals surface area (Å²) in [5, 5.41) is 8.68. The Morgan fingerprint density at radius 3 is 2.52 bits per heavy atom. The Morgan fingerprint density at radius 1 is 1.26 bits per heavy atom. The molecule has 0 aliphatic heterocycles. The lowest BCUT2D eigenvalue weighted by Crippen LogP contribution is -2.35. The Labute approximate surface area is 139 Å². The number of amides is 1. The number of hydrogen-bond donors (Lipinski definition) is 2. The third-order valence-corrected chi connectivity index (χ3v) is 6.93. The number of nitrogens with one attached hydrogen (secondary N) is 2. The predicted molar refractivity (Wildman–Crippen MR) is 86.8 cm³/mol. The maximum Gasteiger partial charge on any atom is 0.270 e. The number of carbonyl (C=O) groups excluding carboxylic acids is 1. The zero-order valence-corrected chi connectivity index (χ0v) is 14.7. The fraction of sp³-hybridized carbons (Fsp3) is 0.250. The quantitative estimate of drug-likeness (QED) is 0.726. The average molecular weight is 374 g/mol. The minimum absolute atomic E-state index is 0.0784. The Balaban J connectivity index is 2.13. The van der Waals surface area contributed by atoms with Crippen LogP contribution in [0.2, 0.25) is 0 Å². The number of sulfonamides is 1. The number of carbonyl (C=O) groups is 1. The summed E-state index contributed by atoms with van der Waals surface area (Å²) in [6, 6.07) is 8.53. The fourth-order valence-electron chi connectivity index (χ4n) is 1.59. The minimum atomic E-state index is -3.98. The smallest absolute Gasteiger partial charge is 0.270 e. The molecule has 11 heteroatoms. The Morgan fingerprint density at radius 2 is 1.91 bits per heavy atom. The van der Waals surface area contributed by atoms with Gasteiger partial charge in [0, 0.05) is 11.8 Å². The summed E-state index contributed by atoms with van der Waals surface area (Å²) in [5.41, 5.74) is 0. The number of aromatic nitrogens is 2. The second-order valence-electron chi connectivity index (χ2n) is 4.43. The van der Waals surface area contributed by atoms with Crippen molar-refractivity contribution in [3.05, 3.63) is 30.3 Å². The first-order valence-corrected chi connectivity index (χ1v) is 9.90. The normalized spacial score (nSPS) is 14.2. The zero-order chi connectivity index (χ0) is 17.0. The molecule has 1 heterocycles. The summed E-state index contributed by atoms with van der Waals surface area (Å²) in [6.45, 7) is 2.77. The second-order valence-corrected chi connectivity index (χ2v) is 9.07. The van der Waals surface area contributed by atoms with Crippen molar-refractivity contribution in [2.45, 2.75) is 28.5 Å². The molecule has 2 N–H and O–H groups in total. The van der Waals surface area contributed by atoms with E-state index in [1.54, 1.807) is 30.3 Å². The van der Waals surface area contributed by atoms with Gasteiger partial charge < -0.3 is 5.32 Å². The SMILES string of the molecule is CC(=O)Nc1nnc(S(=O)(=O)NC(C)S(=O)c2ccccc2)s1. The zero-order valence-electron chi connectivity index (χ0n) is 12.2. The van der Waals surface area contributed by atoms with Crippen LogP contribution in [0.15, 0.2) is 39.6 Å². The van der Waals surface area contributed by atoms with Crippen LogP contribution in [0.3, 0.4) is 0 Å². The highest BCUT2D eigenvalue weighted by Gasteiger charge is 2.25. The maximum atomic E-state index is 12.3. The third-order valence-electron chi connectivity index (χ3n) is 2.54. The fourth-order valence-corrected chi connectivity index (χ4v) is 5.18. The van der Waals surface area contributed by atoms with Gasteiger partial charge in [-0.1, -0.05) is 29.5 Å². The summed E-state index contributed by atoms with van der Waals surface area (Å²) in [5.74, 6) is -0.378. The van der Waals surface area contributed by atoms with Gasteiger partial charge in [0.25, 0.3) is 10.0 Å². The third kappa shape index (κ3) is 4.64. The van der Waals surface area contributed by atoms with Crippen LogP contribution < -0.4 is 10.0 Å². The van der Waals surface area contributed by atoms with Gasteiger partial charge in [-0.2, -0.15) is 4.72 Å². The van der Waals surface area contributed by atoms with E-state index in [-0.39, 0.29) is 15.4 Å². The molecule has 8 nitrogen and oxygen atoms in total. The predicted octanol–water partition coefficient (Wildman–Crippen LogP) is 0.929. The number of nitrogens with zero attached hydrogens (tertiary/aromatic N) is 2. The van der Waals surface area contributed by atoms with E-state index in [0.717, 1.165) is 0 Å². The van der Waals surface area contributed by atoms with Crippen molar-refractivity contribution in [1.29, 1.82) is 0 Å². The van der Waals surface area contributed by atoms with Crippen LogP contribution >= 0.6 is 11.3 Å². The van der Waals surface area contributed by atoms with Gasteiger partial charge in [-0.05, 0) is 19.1 Å². The summed E-state index contributed by atoms with van der Waals surface area (Å²) < 4.78 is 38.8. The molecule has 2 aromatic rings. The van der Waals surface area contributed by atoms with Gasteiger partial charge in [-0.25, -0.2) is 8.42 Å². The number of anilines is 1. The molecule has 124 valence electrons. The van der Waals surface area contributed by atoms with Crippen molar-refractivity contribution in [3.63, 3.8) is 0 Å². The van der Waals surface area contributed by atoms with Crippen LogP contribution in [0.4, 0.5) is 5.13 Å². The molecular formula is C12H14N4O4S3. The Bertz CT molecular complexity index is 820. The van der Waals surface area contributed by atoms with Crippen molar-refractivity contribution in [1.82, 2.24) is 14.9 Å². The van der Waals surface area contributed by atoms with E-state index in [9.17, 15) is 17.4 Å². The summed E-state index contributed by atoms with van der Waals surface area (Å²) in [4.78, 5) is 11.4. The average Bonchev–Trinajstić information content (AvgIpc) is 2.95. The lowest BCUT2D eigenvalue weighted by molar-refractivity contribution is -0.114. The molecule has 0 saturated carbocycles. The van der Waals surface area contributed by atoms with E-state index in [1.165, 1.54) is 13.8 Å². The second kappa shape index (κ2) is 7.25. The number of hydrogen-bond acceptors (Lipinski definition) is 7. The van der Waals surface area contributed by atoms with Crippen molar-refractivity contribution in [2.75, 3.05) is 5.32 Å². The minimum Gasteiger partial charge on any atom is -0.301 e. The van der Waals surface area contributed by atoms with Gasteiger partial charge in [0.15, 0.2) is 0 Å². The van der Waals surface area contributed by atoms with Crippen molar-refractivity contribution < 1.29 is 17.4 Å². The van der Waals surface area contributed by atoms with Gasteiger partial charge in [0.2, 0.25) is 15.4 Å². The van der Waals surface area contributed by atoms with E-state index in [2.05, 4.69) is 20.2 Å². The molecule has 23 heavy (non-hydrogen) atoms. The van der Waals surface area contributed by atoms with Gasteiger partial charge in [-0.15, -0.1) is 10.2 Å². The van der Waals surface area contributed by atoms with Gasteiger partial charge in [0.1, 0.15) is 0 Å². The highest BCUT2D eigenvalue weighted by atomic mass is 32.2. The molecule has 2 unspecified atom stereocenters. The van der Waals surface area contributed by atoms with E-state index in [0.29, 0.717) is 16.2 Å². The molecule has 1 amide bonds. The Hall–Kier alpha value is -1.69. The number of benzene rings is 1. The van der Waals surface area contributed by atoms with Gasteiger partial charge in [0.05, 0.1) is 16.2 Å². The van der Waals surface area contributed by atoms with Crippen LogP contribution in [0.25, 0.3) is 0 Å². The molecular weight excluding hydrogens is 360 g/mol. The molecule has 2 rings (SSSR count). The van der Waals surface area contributed by atoms with E-state index in [4.69, 9.17) is 0 Å². The summed E-state index contributed by atoms with van der Waals surface area (Å²) in [6.07, 6.45) is 0. The molecule has 0 spiro atoms. The largest absolute Gasteiger partial charge is 0.301 e. The first-order chi connectivity index (χ1) is 10.8. The van der Waals surface area contributed by atoms with Crippen LogP contribution in [-0.4, -0.2) is 34.1 Å². The standard InChI is InChI=1S/C12H14N4O4S3/c1-8(17)13-11-14-15-12(21-11)23(19,20)16-9(2)22(18)10-6-4-3-5-7-10/h3-7,9,16H,1-2H3,(H,13,14,17). The maximum absolute atomic E-state index is 12.3. The van der Waals surface area contributed by atoms with Crippen LogP contribution in [-0.2, 0) is 25.6 Å². The number of rotatable bonds is 6. The monoisotopic (exact) mass is 374 g/mol. The van der Waals surface area contributed by atoms with E-state index >= 15 is 0 Å². The van der Waals surface area contributed by atoms with Crippen molar-refractivity contribution >= 4 is 43.2 Å². The summed E-state index contributed by atoms with van der Waals surface area (Å²) in [7, 11) is -5.53. The molecule has 2 atom stereocenters. The lowest BCUT2D eigenvalue weighted by atomic mass is 10.4. The van der Waals surface area contributed by atoms with Gasteiger partial charge in [-0.3, -0.25) is 9.00 Å². The summed E-state index contributed by atoms with van der Waals surface area (Å²) >= 11 is 0.714. The first-order valence-electron chi connectivity index (χ1n) is 6.38. The molecule has 0 saturated heterocycles. The van der Waals surface area contributed by atoms with Crippen molar-refractivity contribution in [3.8, 4) is 0 Å². The molecule has 1 aromatic carbocycles. The molecule has 1 aromatic heterocycles. The van der Waals surface area contributed by atoms with E-state index < -0.39 is 26.2 Å². The molecule has 0 aliphatic rings. The lowest BCUT2D eigenvalue weighted by Gasteiger charge is -2.12. The van der Waals surface area contributed by atoms with Crippen LogP contribution in [0, 0.1) is 0 Å². The highest BCUT2D eigenvalue weighted by molar-refractivity contribution is 7.93. The molecule has 0 radical (unpaired) electrons. The highest BCUT2D eigenvalue weighted by Crippen LogP contribution is 2.20. The molecule has 0 fully saturated rings. The van der Waals surface area contributed by atoms with Gasteiger partial charge >= 0.3 is 0 Å².